The Labute approximate surface area is 134 Å². The number of piperidine rings is 1. The topological polar surface area (TPSA) is 57.3 Å². The SMILES string of the molecule is O=C(NCc1cccs1)NC1CCN(c2ccccn2)CC1. The molecule has 0 atom stereocenters. The molecule has 2 amide bonds. The summed E-state index contributed by atoms with van der Waals surface area (Å²) in [6.45, 7) is 2.44. The average Bonchev–Trinajstić information content (AvgIpc) is 3.08. The van der Waals surface area contributed by atoms with Crippen molar-refractivity contribution >= 4 is 23.2 Å². The fourth-order valence-electron chi connectivity index (χ4n) is 2.61. The van der Waals surface area contributed by atoms with Crippen LogP contribution in [-0.4, -0.2) is 30.1 Å². The number of carbonyl (C=O) groups is 1. The third-order valence-corrected chi connectivity index (χ3v) is 4.68. The molecule has 1 fully saturated rings. The van der Waals surface area contributed by atoms with Crippen molar-refractivity contribution in [2.75, 3.05) is 18.0 Å². The number of rotatable bonds is 4. The van der Waals surface area contributed by atoms with Crippen molar-refractivity contribution < 1.29 is 4.79 Å². The molecule has 0 aromatic carbocycles. The highest BCUT2D eigenvalue weighted by atomic mass is 32.1. The highest BCUT2D eigenvalue weighted by molar-refractivity contribution is 7.09. The smallest absolute Gasteiger partial charge is 0.315 e. The zero-order valence-electron chi connectivity index (χ0n) is 12.4. The minimum atomic E-state index is -0.0790. The summed E-state index contributed by atoms with van der Waals surface area (Å²) < 4.78 is 0. The van der Waals surface area contributed by atoms with E-state index >= 15 is 0 Å². The fraction of sp³-hybridized carbons (Fsp3) is 0.375. The standard InChI is InChI=1S/C16H20N4OS/c21-16(18-12-14-4-3-11-22-14)19-13-6-9-20(10-7-13)15-5-1-2-8-17-15/h1-5,8,11,13H,6-7,9-10,12H2,(H2,18,19,21). The van der Waals surface area contributed by atoms with E-state index in [1.165, 1.54) is 4.88 Å². The third-order valence-electron chi connectivity index (χ3n) is 3.81. The van der Waals surface area contributed by atoms with Crippen molar-refractivity contribution in [3.63, 3.8) is 0 Å². The predicted octanol–water partition coefficient (Wildman–Crippen LogP) is 2.61. The Balaban J connectivity index is 1.41. The average molecular weight is 316 g/mol. The molecular weight excluding hydrogens is 296 g/mol. The van der Waals surface area contributed by atoms with E-state index in [1.54, 1.807) is 11.3 Å². The normalized spacial score (nSPS) is 15.5. The molecule has 1 aliphatic rings. The summed E-state index contributed by atoms with van der Waals surface area (Å²) in [7, 11) is 0. The predicted molar refractivity (Wildman–Crippen MR) is 89.2 cm³/mol. The first kappa shape index (κ1) is 14.8. The van der Waals surface area contributed by atoms with Crippen molar-refractivity contribution in [3.8, 4) is 0 Å². The Morgan fingerprint density at radius 1 is 1.27 bits per heavy atom. The van der Waals surface area contributed by atoms with Crippen LogP contribution in [0.4, 0.5) is 10.6 Å². The van der Waals surface area contributed by atoms with Crippen LogP contribution >= 0.6 is 11.3 Å². The first-order chi connectivity index (χ1) is 10.8. The van der Waals surface area contributed by atoms with Crippen molar-refractivity contribution in [2.24, 2.45) is 0 Å². The molecule has 3 heterocycles. The number of carbonyl (C=O) groups excluding carboxylic acids is 1. The van der Waals surface area contributed by atoms with Crippen molar-refractivity contribution in [1.29, 1.82) is 0 Å². The number of amides is 2. The molecule has 116 valence electrons. The maximum atomic E-state index is 11.9. The van der Waals surface area contributed by atoms with Gasteiger partial charge in [-0.2, -0.15) is 0 Å². The van der Waals surface area contributed by atoms with E-state index in [2.05, 4.69) is 20.5 Å². The van der Waals surface area contributed by atoms with E-state index in [9.17, 15) is 4.79 Å². The summed E-state index contributed by atoms with van der Waals surface area (Å²) in [6, 6.07) is 10.1. The number of urea groups is 1. The van der Waals surface area contributed by atoms with Gasteiger partial charge < -0.3 is 15.5 Å². The molecule has 2 aromatic heterocycles. The summed E-state index contributed by atoms with van der Waals surface area (Å²) in [6.07, 6.45) is 3.71. The van der Waals surface area contributed by atoms with E-state index in [1.807, 2.05) is 41.9 Å². The van der Waals surface area contributed by atoms with Crippen LogP contribution in [0.5, 0.6) is 0 Å². The lowest BCUT2D eigenvalue weighted by Crippen LogP contribution is -2.47. The van der Waals surface area contributed by atoms with Crippen molar-refractivity contribution in [1.82, 2.24) is 15.6 Å². The van der Waals surface area contributed by atoms with Gasteiger partial charge in [-0.15, -0.1) is 11.3 Å². The molecule has 2 N–H and O–H groups in total. The summed E-state index contributed by atoms with van der Waals surface area (Å²) in [5.74, 6) is 1.02. The van der Waals surface area contributed by atoms with Crippen LogP contribution in [-0.2, 0) is 6.54 Å². The number of nitrogens with zero attached hydrogens (tertiary/aromatic N) is 2. The molecule has 1 saturated heterocycles. The van der Waals surface area contributed by atoms with Crippen molar-refractivity contribution in [3.05, 3.63) is 46.8 Å². The molecule has 0 unspecified atom stereocenters. The lowest BCUT2D eigenvalue weighted by atomic mass is 10.1. The van der Waals surface area contributed by atoms with Crippen LogP contribution in [0.2, 0.25) is 0 Å². The molecular formula is C16H20N4OS. The summed E-state index contributed by atoms with van der Waals surface area (Å²) in [5.41, 5.74) is 0. The van der Waals surface area contributed by atoms with E-state index in [0.29, 0.717) is 6.54 Å². The molecule has 0 bridgehead atoms. The van der Waals surface area contributed by atoms with Crippen LogP contribution < -0.4 is 15.5 Å². The van der Waals surface area contributed by atoms with Gasteiger partial charge in [0.25, 0.3) is 0 Å². The summed E-state index contributed by atoms with van der Waals surface area (Å²) in [5, 5.41) is 7.99. The third kappa shape index (κ3) is 3.98. The second kappa shape index (κ2) is 7.26. The molecule has 0 spiro atoms. The number of aromatic nitrogens is 1. The summed E-state index contributed by atoms with van der Waals surface area (Å²) >= 11 is 1.65. The van der Waals surface area contributed by atoms with Gasteiger partial charge >= 0.3 is 6.03 Å². The lowest BCUT2D eigenvalue weighted by Gasteiger charge is -2.33. The molecule has 22 heavy (non-hydrogen) atoms. The molecule has 6 heteroatoms. The maximum Gasteiger partial charge on any atom is 0.315 e. The number of nitrogens with one attached hydrogen (secondary N) is 2. The zero-order chi connectivity index (χ0) is 15.2. The highest BCUT2D eigenvalue weighted by Gasteiger charge is 2.21. The summed E-state index contributed by atoms with van der Waals surface area (Å²) in [4.78, 5) is 19.7. The Morgan fingerprint density at radius 3 is 2.82 bits per heavy atom. The van der Waals surface area contributed by atoms with E-state index in [-0.39, 0.29) is 12.1 Å². The quantitative estimate of drug-likeness (QED) is 0.911. The van der Waals surface area contributed by atoms with Gasteiger partial charge in [-0.25, -0.2) is 9.78 Å². The molecule has 0 radical (unpaired) electrons. The van der Waals surface area contributed by atoms with Crippen LogP contribution in [0.1, 0.15) is 17.7 Å². The second-order valence-electron chi connectivity index (χ2n) is 5.36. The molecule has 1 aliphatic heterocycles. The number of anilines is 1. The van der Waals surface area contributed by atoms with Gasteiger partial charge in [0.15, 0.2) is 0 Å². The fourth-order valence-corrected chi connectivity index (χ4v) is 3.26. The van der Waals surface area contributed by atoms with E-state index in [4.69, 9.17) is 0 Å². The monoisotopic (exact) mass is 316 g/mol. The van der Waals surface area contributed by atoms with Gasteiger partial charge in [-0.05, 0) is 36.4 Å². The molecule has 0 saturated carbocycles. The number of pyridine rings is 1. The Morgan fingerprint density at radius 2 is 2.14 bits per heavy atom. The zero-order valence-corrected chi connectivity index (χ0v) is 13.2. The first-order valence-corrected chi connectivity index (χ1v) is 8.42. The van der Waals surface area contributed by atoms with E-state index < -0.39 is 0 Å². The second-order valence-corrected chi connectivity index (χ2v) is 6.39. The number of hydrogen-bond donors (Lipinski definition) is 2. The molecule has 3 rings (SSSR count). The highest BCUT2D eigenvalue weighted by Crippen LogP contribution is 2.17. The number of hydrogen-bond acceptors (Lipinski definition) is 4. The van der Waals surface area contributed by atoms with Gasteiger partial charge in [0.05, 0.1) is 6.54 Å². The minimum Gasteiger partial charge on any atom is -0.356 e. The minimum absolute atomic E-state index is 0.0790. The van der Waals surface area contributed by atoms with Crippen molar-refractivity contribution in [2.45, 2.75) is 25.4 Å². The molecule has 2 aromatic rings. The van der Waals surface area contributed by atoms with Gasteiger partial charge in [-0.1, -0.05) is 12.1 Å². The van der Waals surface area contributed by atoms with Gasteiger partial charge in [0.1, 0.15) is 5.82 Å². The van der Waals surface area contributed by atoms with Crippen LogP contribution in [0.3, 0.4) is 0 Å². The van der Waals surface area contributed by atoms with Crippen LogP contribution in [0.25, 0.3) is 0 Å². The van der Waals surface area contributed by atoms with Crippen LogP contribution in [0, 0.1) is 0 Å². The Bertz CT molecular complexity index is 579. The Kier molecular flexibility index (Phi) is 4.90. The van der Waals surface area contributed by atoms with E-state index in [0.717, 1.165) is 31.7 Å². The van der Waals surface area contributed by atoms with Gasteiger partial charge in [0.2, 0.25) is 0 Å². The van der Waals surface area contributed by atoms with Crippen LogP contribution in [0.15, 0.2) is 41.9 Å². The maximum absolute atomic E-state index is 11.9. The Hall–Kier alpha value is -2.08. The molecule has 0 aliphatic carbocycles. The first-order valence-electron chi connectivity index (χ1n) is 7.54. The molecule has 5 nitrogen and oxygen atoms in total. The largest absolute Gasteiger partial charge is 0.356 e. The van der Waals surface area contributed by atoms with Gasteiger partial charge in [-0.3, -0.25) is 0 Å². The number of thiophene rings is 1. The lowest BCUT2D eigenvalue weighted by molar-refractivity contribution is 0.234. The van der Waals surface area contributed by atoms with Gasteiger partial charge in [0, 0.05) is 30.2 Å².